The summed E-state index contributed by atoms with van der Waals surface area (Å²) in [6.07, 6.45) is 1.55. The van der Waals surface area contributed by atoms with E-state index in [1.54, 1.807) is 0 Å². The lowest BCUT2D eigenvalue weighted by Crippen LogP contribution is -2.42. The molecule has 0 aromatic heterocycles. The SMILES string of the molecule is CCCCOC(=O)N[C@@H](COCc1ccccc1)C(C)C. The number of hydrogen-bond donors (Lipinski definition) is 1. The van der Waals surface area contributed by atoms with Gasteiger partial charge >= 0.3 is 6.09 Å². The number of ether oxygens (including phenoxy) is 2. The number of alkyl carbamates (subject to hydrolysis) is 1. The van der Waals surface area contributed by atoms with Crippen LogP contribution in [0.3, 0.4) is 0 Å². The van der Waals surface area contributed by atoms with Gasteiger partial charge in [-0.05, 0) is 17.9 Å². The molecule has 21 heavy (non-hydrogen) atoms. The van der Waals surface area contributed by atoms with Crippen LogP contribution in [0.25, 0.3) is 0 Å². The molecule has 0 aliphatic heterocycles. The van der Waals surface area contributed by atoms with Crippen molar-refractivity contribution in [3.8, 4) is 0 Å². The summed E-state index contributed by atoms with van der Waals surface area (Å²) in [5.41, 5.74) is 1.13. The van der Waals surface area contributed by atoms with Gasteiger partial charge in [0.2, 0.25) is 0 Å². The number of benzene rings is 1. The molecule has 0 saturated heterocycles. The quantitative estimate of drug-likeness (QED) is 0.705. The highest BCUT2D eigenvalue weighted by Gasteiger charge is 2.17. The third kappa shape index (κ3) is 7.71. The van der Waals surface area contributed by atoms with Crippen LogP contribution in [0.2, 0.25) is 0 Å². The Morgan fingerprint density at radius 3 is 2.57 bits per heavy atom. The first-order valence-corrected chi connectivity index (χ1v) is 7.68. The van der Waals surface area contributed by atoms with Crippen molar-refractivity contribution >= 4 is 6.09 Å². The minimum absolute atomic E-state index is 0.0390. The Labute approximate surface area is 127 Å². The van der Waals surface area contributed by atoms with E-state index in [1.165, 1.54) is 0 Å². The van der Waals surface area contributed by atoms with Gasteiger partial charge in [-0.1, -0.05) is 57.5 Å². The van der Waals surface area contributed by atoms with Crippen LogP contribution in [-0.4, -0.2) is 25.3 Å². The molecule has 0 heterocycles. The van der Waals surface area contributed by atoms with Gasteiger partial charge in [-0.25, -0.2) is 4.79 Å². The molecule has 0 bridgehead atoms. The molecule has 1 aromatic rings. The standard InChI is InChI=1S/C17H27NO3/c1-4-5-11-21-17(19)18-16(14(2)3)13-20-12-15-9-7-6-8-10-15/h6-10,14,16H,4-5,11-13H2,1-3H3,(H,18,19)/t16-/m0/s1. The Morgan fingerprint density at radius 1 is 1.24 bits per heavy atom. The van der Waals surface area contributed by atoms with Crippen LogP contribution in [0.4, 0.5) is 4.79 Å². The molecule has 1 aromatic carbocycles. The van der Waals surface area contributed by atoms with Crippen molar-refractivity contribution in [1.82, 2.24) is 5.32 Å². The van der Waals surface area contributed by atoms with Crippen molar-refractivity contribution in [2.75, 3.05) is 13.2 Å². The number of unbranched alkanes of at least 4 members (excludes halogenated alkanes) is 1. The summed E-state index contributed by atoms with van der Waals surface area (Å²) in [6.45, 7) is 7.69. The zero-order chi connectivity index (χ0) is 15.5. The second-order valence-electron chi connectivity index (χ2n) is 5.49. The highest BCUT2D eigenvalue weighted by molar-refractivity contribution is 5.67. The Morgan fingerprint density at radius 2 is 1.95 bits per heavy atom. The van der Waals surface area contributed by atoms with E-state index in [9.17, 15) is 4.79 Å². The van der Waals surface area contributed by atoms with E-state index in [0.29, 0.717) is 25.7 Å². The largest absolute Gasteiger partial charge is 0.450 e. The van der Waals surface area contributed by atoms with E-state index >= 15 is 0 Å². The maximum Gasteiger partial charge on any atom is 0.407 e. The van der Waals surface area contributed by atoms with Gasteiger partial charge < -0.3 is 14.8 Å². The van der Waals surface area contributed by atoms with Crippen molar-refractivity contribution in [3.05, 3.63) is 35.9 Å². The molecule has 1 atom stereocenters. The zero-order valence-electron chi connectivity index (χ0n) is 13.3. The number of amides is 1. The minimum atomic E-state index is -0.356. The van der Waals surface area contributed by atoms with E-state index in [1.807, 2.05) is 30.3 Å². The van der Waals surface area contributed by atoms with Crippen LogP contribution < -0.4 is 5.32 Å². The van der Waals surface area contributed by atoms with Crippen molar-refractivity contribution in [2.45, 2.75) is 46.3 Å². The second kappa shape index (κ2) is 10.2. The summed E-state index contributed by atoms with van der Waals surface area (Å²) >= 11 is 0. The third-order valence-corrected chi connectivity index (χ3v) is 3.25. The minimum Gasteiger partial charge on any atom is -0.450 e. The van der Waals surface area contributed by atoms with Gasteiger partial charge in [-0.3, -0.25) is 0 Å². The molecule has 0 spiro atoms. The summed E-state index contributed by atoms with van der Waals surface area (Å²) in [4.78, 5) is 11.7. The van der Waals surface area contributed by atoms with E-state index < -0.39 is 0 Å². The van der Waals surface area contributed by atoms with Crippen molar-refractivity contribution in [1.29, 1.82) is 0 Å². The van der Waals surface area contributed by atoms with E-state index in [-0.39, 0.29) is 12.1 Å². The van der Waals surface area contributed by atoms with E-state index in [0.717, 1.165) is 18.4 Å². The maximum atomic E-state index is 11.7. The molecule has 4 nitrogen and oxygen atoms in total. The maximum absolute atomic E-state index is 11.7. The molecule has 0 fully saturated rings. The smallest absolute Gasteiger partial charge is 0.407 e. The van der Waals surface area contributed by atoms with Gasteiger partial charge in [0, 0.05) is 0 Å². The van der Waals surface area contributed by atoms with Crippen molar-refractivity contribution < 1.29 is 14.3 Å². The predicted octanol–water partition coefficient (Wildman–Crippen LogP) is 3.75. The third-order valence-electron chi connectivity index (χ3n) is 3.25. The lowest BCUT2D eigenvalue weighted by atomic mass is 10.1. The molecule has 0 unspecified atom stereocenters. The number of carbonyl (C=O) groups excluding carboxylic acids is 1. The Kier molecular flexibility index (Phi) is 8.51. The summed E-state index contributed by atoms with van der Waals surface area (Å²) in [6, 6.07) is 9.97. The lowest BCUT2D eigenvalue weighted by molar-refractivity contribution is 0.0786. The summed E-state index contributed by atoms with van der Waals surface area (Å²) < 4.78 is 10.8. The molecule has 0 aliphatic rings. The topological polar surface area (TPSA) is 47.6 Å². The van der Waals surface area contributed by atoms with Crippen LogP contribution in [0.15, 0.2) is 30.3 Å². The number of rotatable bonds is 9. The Hall–Kier alpha value is -1.55. The van der Waals surface area contributed by atoms with Crippen LogP contribution in [0, 0.1) is 5.92 Å². The molecule has 118 valence electrons. The van der Waals surface area contributed by atoms with Gasteiger partial charge in [0.15, 0.2) is 0 Å². The molecule has 1 amide bonds. The average molecular weight is 293 g/mol. The normalized spacial score (nSPS) is 12.2. The summed E-state index contributed by atoms with van der Waals surface area (Å²) in [7, 11) is 0. The fourth-order valence-corrected chi connectivity index (χ4v) is 1.78. The number of nitrogens with one attached hydrogen (secondary N) is 1. The van der Waals surface area contributed by atoms with Crippen molar-refractivity contribution in [2.24, 2.45) is 5.92 Å². The first kappa shape index (κ1) is 17.5. The molecule has 4 heteroatoms. The number of hydrogen-bond acceptors (Lipinski definition) is 3. The zero-order valence-corrected chi connectivity index (χ0v) is 13.3. The molecule has 0 aliphatic carbocycles. The fraction of sp³-hybridized carbons (Fsp3) is 0.588. The first-order chi connectivity index (χ1) is 10.1. The van der Waals surface area contributed by atoms with E-state index in [2.05, 4.69) is 26.1 Å². The molecular formula is C17H27NO3. The average Bonchev–Trinajstić information content (AvgIpc) is 2.47. The van der Waals surface area contributed by atoms with Crippen LogP contribution >= 0.6 is 0 Å². The van der Waals surface area contributed by atoms with Crippen LogP contribution in [0.5, 0.6) is 0 Å². The molecular weight excluding hydrogens is 266 g/mol. The predicted molar refractivity (Wildman–Crippen MR) is 84.1 cm³/mol. The Bertz CT molecular complexity index is 392. The molecule has 0 saturated carbocycles. The van der Waals surface area contributed by atoms with Gasteiger partial charge in [-0.15, -0.1) is 0 Å². The van der Waals surface area contributed by atoms with Crippen molar-refractivity contribution in [3.63, 3.8) is 0 Å². The van der Waals surface area contributed by atoms with Gasteiger partial charge in [0.25, 0.3) is 0 Å². The highest BCUT2D eigenvalue weighted by Crippen LogP contribution is 2.06. The first-order valence-electron chi connectivity index (χ1n) is 7.68. The van der Waals surface area contributed by atoms with Gasteiger partial charge in [0.1, 0.15) is 0 Å². The molecule has 1 rings (SSSR count). The number of carbonyl (C=O) groups is 1. The molecule has 1 N–H and O–H groups in total. The highest BCUT2D eigenvalue weighted by atomic mass is 16.5. The van der Waals surface area contributed by atoms with Crippen LogP contribution in [0.1, 0.15) is 39.2 Å². The monoisotopic (exact) mass is 293 g/mol. The lowest BCUT2D eigenvalue weighted by Gasteiger charge is -2.22. The van der Waals surface area contributed by atoms with E-state index in [4.69, 9.17) is 9.47 Å². The second-order valence-corrected chi connectivity index (χ2v) is 5.49. The Balaban J connectivity index is 2.31. The summed E-state index contributed by atoms with van der Waals surface area (Å²) in [5, 5.41) is 2.88. The summed E-state index contributed by atoms with van der Waals surface area (Å²) in [5.74, 6) is 0.291. The van der Waals surface area contributed by atoms with Gasteiger partial charge in [0.05, 0.1) is 25.9 Å². The van der Waals surface area contributed by atoms with Crippen LogP contribution in [-0.2, 0) is 16.1 Å². The van der Waals surface area contributed by atoms with Gasteiger partial charge in [-0.2, -0.15) is 0 Å². The fourth-order valence-electron chi connectivity index (χ4n) is 1.78. The molecule has 0 radical (unpaired) electrons.